The molecule has 5 nitrogen and oxygen atoms in total. The van der Waals surface area contributed by atoms with Gasteiger partial charge < -0.3 is 19.5 Å². The fourth-order valence-corrected chi connectivity index (χ4v) is 2.68. The third kappa shape index (κ3) is 5.50. The highest BCUT2D eigenvalue weighted by Crippen LogP contribution is 2.20. The van der Waals surface area contributed by atoms with Gasteiger partial charge in [0.2, 0.25) is 0 Å². The number of rotatable bonds is 7. The van der Waals surface area contributed by atoms with E-state index in [0.717, 1.165) is 25.0 Å². The van der Waals surface area contributed by atoms with Crippen molar-refractivity contribution in [3.8, 4) is 11.5 Å². The molecule has 0 aliphatic carbocycles. The average molecular weight is 341 g/mol. The first-order chi connectivity index (χ1) is 12.2. The monoisotopic (exact) mass is 341 g/mol. The second-order valence-electron chi connectivity index (χ2n) is 6.13. The van der Waals surface area contributed by atoms with Crippen molar-refractivity contribution < 1.29 is 19.0 Å². The van der Waals surface area contributed by atoms with Gasteiger partial charge in [0.05, 0.1) is 6.10 Å². The Kier molecular flexibility index (Phi) is 5.90. The van der Waals surface area contributed by atoms with Crippen LogP contribution in [0, 0.1) is 6.92 Å². The molecule has 25 heavy (non-hydrogen) atoms. The number of benzene rings is 2. The maximum absolute atomic E-state index is 12.1. The summed E-state index contributed by atoms with van der Waals surface area (Å²) in [5, 5.41) is 2.82. The summed E-state index contributed by atoms with van der Waals surface area (Å²) in [6.45, 7) is 3.29. The quantitative estimate of drug-likeness (QED) is 0.836. The number of hydrogen-bond acceptors (Lipinski definition) is 4. The first-order valence-corrected chi connectivity index (χ1v) is 8.53. The SMILES string of the molecule is Cc1cccc(OCC(=O)Nc2cccc(OCC3CCCO3)c2)c1. The van der Waals surface area contributed by atoms with Crippen LogP contribution in [0.4, 0.5) is 5.69 Å². The van der Waals surface area contributed by atoms with Gasteiger partial charge in [-0.05, 0) is 49.6 Å². The fraction of sp³-hybridized carbons (Fsp3) is 0.350. The lowest BCUT2D eigenvalue weighted by molar-refractivity contribution is -0.118. The molecule has 0 aromatic heterocycles. The largest absolute Gasteiger partial charge is 0.491 e. The third-order valence-electron chi connectivity index (χ3n) is 3.94. The van der Waals surface area contributed by atoms with Crippen LogP contribution in [-0.2, 0) is 9.53 Å². The molecule has 0 radical (unpaired) electrons. The number of nitrogens with one attached hydrogen (secondary N) is 1. The summed E-state index contributed by atoms with van der Waals surface area (Å²) in [6.07, 6.45) is 2.29. The summed E-state index contributed by atoms with van der Waals surface area (Å²) in [5.41, 5.74) is 1.77. The van der Waals surface area contributed by atoms with Crippen LogP contribution in [-0.4, -0.2) is 31.8 Å². The molecule has 2 aromatic carbocycles. The molecule has 1 unspecified atom stereocenters. The molecule has 1 saturated heterocycles. The molecule has 1 amide bonds. The van der Waals surface area contributed by atoms with E-state index in [1.54, 1.807) is 6.07 Å². The van der Waals surface area contributed by atoms with Gasteiger partial charge in [0, 0.05) is 18.4 Å². The second kappa shape index (κ2) is 8.53. The van der Waals surface area contributed by atoms with Crippen LogP contribution >= 0.6 is 0 Å². The first kappa shape index (κ1) is 17.3. The van der Waals surface area contributed by atoms with Crippen molar-refractivity contribution in [2.75, 3.05) is 25.1 Å². The number of carbonyl (C=O) groups is 1. The number of anilines is 1. The Hall–Kier alpha value is -2.53. The molecular formula is C20H23NO4. The summed E-state index contributed by atoms with van der Waals surface area (Å²) in [5.74, 6) is 1.19. The lowest BCUT2D eigenvalue weighted by Crippen LogP contribution is -2.20. The van der Waals surface area contributed by atoms with Gasteiger partial charge in [0.25, 0.3) is 5.91 Å². The molecule has 0 bridgehead atoms. The third-order valence-corrected chi connectivity index (χ3v) is 3.94. The van der Waals surface area contributed by atoms with Crippen LogP contribution in [0.5, 0.6) is 11.5 Å². The minimum absolute atomic E-state index is 0.0372. The highest BCUT2D eigenvalue weighted by molar-refractivity contribution is 5.92. The Morgan fingerprint density at radius 1 is 1.16 bits per heavy atom. The van der Waals surface area contributed by atoms with E-state index in [-0.39, 0.29) is 18.6 Å². The highest BCUT2D eigenvalue weighted by atomic mass is 16.5. The van der Waals surface area contributed by atoms with E-state index in [4.69, 9.17) is 14.2 Å². The van der Waals surface area contributed by atoms with Crippen LogP contribution in [0.2, 0.25) is 0 Å². The Balaban J connectivity index is 1.48. The molecular weight excluding hydrogens is 318 g/mol. The smallest absolute Gasteiger partial charge is 0.262 e. The summed E-state index contributed by atoms with van der Waals surface area (Å²) >= 11 is 0. The van der Waals surface area contributed by atoms with E-state index in [2.05, 4.69) is 5.32 Å². The van der Waals surface area contributed by atoms with Crippen LogP contribution in [0.1, 0.15) is 18.4 Å². The van der Waals surface area contributed by atoms with Crippen LogP contribution in [0.25, 0.3) is 0 Å². The van der Waals surface area contributed by atoms with Crippen molar-refractivity contribution in [3.05, 3.63) is 54.1 Å². The Morgan fingerprint density at radius 2 is 1.96 bits per heavy atom. The van der Waals surface area contributed by atoms with Gasteiger partial charge in [-0.2, -0.15) is 0 Å². The number of amides is 1. The Labute approximate surface area is 147 Å². The van der Waals surface area contributed by atoms with Gasteiger partial charge in [-0.3, -0.25) is 4.79 Å². The predicted octanol–water partition coefficient (Wildman–Crippen LogP) is 3.57. The molecule has 1 aliphatic rings. The molecule has 5 heteroatoms. The molecule has 1 aliphatic heterocycles. The molecule has 3 rings (SSSR count). The lowest BCUT2D eigenvalue weighted by atomic mass is 10.2. The number of hydrogen-bond donors (Lipinski definition) is 1. The van der Waals surface area contributed by atoms with E-state index in [1.165, 1.54) is 0 Å². The minimum atomic E-state index is -0.210. The van der Waals surface area contributed by atoms with Crippen molar-refractivity contribution in [2.45, 2.75) is 25.9 Å². The van der Waals surface area contributed by atoms with Gasteiger partial charge in [-0.25, -0.2) is 0 Å². The highest BCUT2D eigenvalue weighted by Gasteiger charge is 2.16. The number of ether oxygens (including phenoxy) is 3. The van der Waals surface area contributed by atoms with E-state index in [1.807, 2.05) is 49.4 Å². The Morgan fingerprint density at radius 3 is 2.72 bits per heavy atom. The van der Waals surface area contributed by atoms with Gasteiger partial charge >= 0.3 is 0 Å². The minimum Gasteiger partial charge on any atom is -0.491 e. The standard InChI is InChI=1S/C20H23NO4/c1-15-5-2-7-17(11-15)25-14-20(22)21-16-6-3-8-18(12-16)24-13-19-9-4-10-23-19/h2-3,5-8,11-12,19H,4,9-10,13-14H2,1H3,(H,21,22). The summed E-state index contributed by atoms with van der Waals surface area (Å²) in [4.78, 5) is 12.1. The maximum atomic E-state index is 12.1. The van der Waals surface area contributed by atoms with Crippen LogP contribution in [0.15, 0.2) is 48.5 Å². The lowest BCUT2D eigenvalue weighted by Gasteiger charge is -2.13. The van der Waals surface area contributed by atoms with Crippen molar-refractivity contribution in [2.24, 2.45) is 0 Å². The van der Waals surface area contributed by atoms with Crippen molar-refractivity contribution in [1.82, 2.24) is 0 Å². The zero-order valence-corrected chi connectivity index (χ0v) is 14.4. The van der Waals surface area contributed by atoms with Gasteiger partial charge in [-0.15, -0.1) is 0 Å². The summed E-state index contributed by atoms with van der Waals surface area (Å²) < 4.78 is 16.8. The van der Waals surface area contributed by atoms with Gasteiger partial charge in [0.15, 0.2) is 6.61 Å². The van der Waals surface area contributed by atoms with Crippen molar-refractivity contribution >= 4 is 11.6 Å². The normalized spacial score (nSPS) is 16.4. The Bertz CT molecular complexity index is 710. The van der Waals surface area contributed by atoms with E-state index < -0.39 is 0 Å². The molecule has 0 spiro atoms. The summed E-state index contributed by atoms with van der Waals surface area (Å²) in [7, 11) is 0. The number of aryl methyl sites for hydroxylation is 1. The van der Waals surface area contributed by atoms with E-state index >= 15 is 0 Å². The van der Waals surface area contributed by atoms with E-state index in [0.29, 0.717) is 23.8 Å². The molecule has 2 aromatic rings. The van der Waals surface area contributed by atoms with Gasteiger partial charge in [0.1, 0.15) is 18.1 Å². The average Bonchev–Trinajstić information content (AvgIpc) is 3.12. The molecule has 132 valence electrons. The van der Waals surface area contributed by atoms with Gasteiger partial charge in [-0.1, -0.05) is 18.2 Å². The van der Waals surface area contributed by atoms with E-state index in [9.17, 15) is 4.79 Å². The molecule has 1 heterocycles. The predicted molar refractivity (Wildman–Crippen MR) is 96.2 cm³/mol. The zero-order valence-electron chi connectivity index (χ0n) is 14.4. The molecule has 1 fully saturated rings. The van der Waals surface area contributed by atoms with Crippen LogP contribution < -0.4 is 14.8 Å². The molecule has 1 atom stereocenters. The summed E-state index contributed by atoms with van der Waals surface area (Å²) in [6, 6.07) is 15.0. The van der Waals surface area contributed by atoms with Crippen LogP contribution in [0.3, 0.4) is 0 Å². The topological polar surface area (TPSA) is 56.8 Å². The number of carbonyl (C=O) groups excluding carboxylic acids is 1. The van der Waals surface area contributed by atoms with Crippen molar-refractivity contribution in [3.63, 3.8) is 0 Å². The fourth-order valence-electron chi connectivity index (χ4n) is 2.68. The molecule has 0 saturated carbocycles. The zero-order chi connectivity index (χ0) is 17.5. The first-order valence-electron chi connectivity index (χ1n) is 8.53. The maximum Gasteiger partial charge on any atom is 0.262 e. The van der Waals surface area contributed by atoms with Crippen molar-refractivity contribution in [1.29, 1.82) is 0 Å². The molecule has 1 N–H and O–H groups in total. The second-order valence-corrected chi connectivity index (χ2v) is 6.13.